The first-order chi connectivity index (χ1) is 9.61. The second-order valence-corrected chi connectivity index (χ2v) is 4.60. The van der Waals surface area contributed by atoms with Crippen molar-refractivity contribution in [3.63, 3.8) is 0 Å². The molecule has 0 amide bonds. The molecule has 0 aromatic heterocycles. The number of likely N-dealkylation sites (N-methyl/N-ethyl adjacent to an activating group) is 1. The number of carboxylic acid groups (broad SMARTS) is 1. The molecule has 104 valence electrons. The summed E-state index contributed by atoms with van der Waals surface area (Å²) < 4.78 is 0. The Hall–Kier alpha value is -2.33. The van der Waals surface area contributed by atoms with E-state index >= 15 is 0 Å². The fourth-order valence-electron chi connectivity index (χ4n) is 2.11. The Kier molecular flexibility index (Phi) is 4.38. The summed E-state index contributed by atoms with van der Waals surface area (Å²) in [5.41, 5.74) is 2.48. The molecule has 0 bridgehead atoms. The number of hydrogen-bond acceptors (Lipinski definition) is 3. The van der Waals surface area contributed by atoms with Crippen molar-refractivity contribution in [2.75, 3.05) is 7.05 Å². The molecule has 0 aliphatic heterocycles. The quantitative estimate of drug-likeness (QED) is 0.780. The van der Waals surface area contributed by atoms with Crippen LogP contribution in [-0.4, -0.2) is 29.3 Å². The number of phenolic OH excluding ortho intramolecular Hbond substituents is 1. The molecule has 0 spiro atoms. The Morgan fingerprint density at radius 1 is 1.20 bits per heavy atom. The van der Waals surface area contributed by atoms with Gasteiger partial charge in [-0.2, -0.15) is 0 Å². The molecule has 0 aliphatic carbocycles. The third kappa shape index (κ3) is 3.16. The number of hydrogen-bond donors (Lipinski definition) is 3. The molecule has 4 nitrogen and oxygen atoms in total. The predicted molar refractivity (Wildman–Crippen MR) is 77.7 cm³/mol. The van der Waals surface area contributed by atoms with Gasteiger partial charge in [0.25, 0.3) is 0 Å². The maximum Gasteiger partial charge on any atom is 0.321 e. The minimum atomic E-state index is -0.887. The highest BCUT2D eigenvalue weighted by Gasteiger charge is 2.16. The molecule has 0 unspecified atom stereocenters. The maximum absolute atomic E-state index is 11.0. The van der Waals surface area contributed by atoms with E-state index < -0.39 is 12.0 Å². The van der Waals surface area contributed by atoms with Gasteiger partial charge in [-0.3, -0.25) is 4.79 Å². The largest absolute Gasteiger partial charge is 0.507 e. The van der Waals surface area contributed by atoms with Gasteiger partial charge < -0.3 is 15.5 Å². The molecule has 2 aromatic carbocycles. The number of aliphatic carboxylic acids is 1. The van der Waals surface area contributed by atoms with Gasteiger partial charge in [-0.05, 0) is 36.7 Å². The Morgan fingerprint density at radius 2 is 1.90 bits per heavy atom. The highest BCUT2D eigenvalue weighted by Crippen LogP contribution is 2.30. The minimum absolute atomic E-state index is 0.191. The lowest BCUT2D eigenvalue weighted by Crippen LogP contribution is -2.35. The van der Waals surface area contributed by atoms with Crippen LogP contribution < -0.4 is 5.32 Å². The van der Waals surface area contributed by atoms with Crippen LogP contribution in [0, 0.1) is 0 Å². The topological polar surface area (TPSA) is 69.6 Å². The zero-order chi connectivity index (χ0) is 14.5. The standard InChI is InChI=1S/C16H17NO3/c1-17-14(16(19)20)10-11-7-8-15(18)13(9-11)12-5-3-2-4-6-12/h2-9,14,17-18H,10H2,1H3,(H,19,20)/t14-/m0/s1. The van der Waals surface area contributed by atoms with E-state index in [2.05, 4.69) is 5.32 Å². The van der Waals surface area contributed by atoms with E-state index in [0.29, 0.717) is 12.0 Å². The molecule has 0 saturated heterocycles. The molecule has 20 heavy (non-hydrogen) atoms. The SMILES string of the molecule is CN[C@@H](Cc1ccc(O)c(-c2ccccc2)c1)C(=O)O. The van der Waals surface area contributed by atoms with E-state index in [-0.39, 0.29) is 5.75 Å². The van der Waals surface area contributed by atoms with Crippen LogP contribution in [0.3, 0.4) is 0 Å². The van der Waals surface area contributed by atoms with Crippen molar-refractivity contribution in [1.29, 1.82) is 0 Å². The lowest BCUT2D eigenvalue weighted by atomic mass is 9.98. The summed E-state index contributed by atoms with van der Waals surface area (Å²) in [6.45, 7) is 0. The van der Waals surface area contributed by atoms with Crippen LogP contribution in [0.2, 0.25) is 0 Å². The summed E-state index contributed by atoms with van der Waals surface area (Å²) in [6.07, 6.45) is 0.367. The van der Waals surface area contributed by atoms with Crippen molar-refractivity contribution in [1.82, 2.24) is 5.32 Å². The van der Waals surface area contributed by atoms with Gasteiger partial charge in [0.1, 0.15) is 11.8 Å². The van der Waals surface area contributed by atoms with Crippen molar-refractivity contribution in [2.45, 2.75) is 12.5 Å². The lowest BCUT2D eigenvalue weighted by molar-refractivity contribution is -0.139. The smallest absolute Gasteiger partial charge is 0.321 e. The number of phenols is 1. The summed E-state index contributed by atoms with van der Waals surface area (Å²) in [4.78, 5) is 11.0. The molecule has 3 N–H and O–H groups in total. The van der Waals surface area contributed by atoms with Crippen molar-refractivity contribution < 1.29 is 15.0 Å². The molecule has 0 aliphatic rings. The fraction of sp³-hybridized carbons (Fsp3) is 0.188. The zero-order valence-corrected chi connectivity index (χ0v) is 11.2. The van der Waals surface area contributed by atoms with Gasteiger partial charge in [-0.1, -0.05) is 36.4 Å². The number of nitrogens with one attached hydrogen (secondary N) is 1. The number of carboxylic acids is 1. The molecule has 4 heteroatoms. The van der Waals surface area contributed by atoms with Crippen LogP contribution in [0.1, 0.15) is 5.56 Å². The third-order valence-corrected chi connectivity index (χ3v) is 3.23. The first-order valence-corrected chi connectivity index (χ1v) is 6.39. The van der Waals surface area contributed by atoms with E-state index in [4.69, 9.17) is 5.11 Å². The van der Waals surface area contributed by atoms with E-state index in [1.54, 1.807) is 19.2 Å². The van der Waals surface area contributed by atoms with Crippen LogP contribution in [0.15, 0.2) is 48.5 Å². The zero-order valence-electron chi connectivity index (χ0n) is 11.2. The summed E-state index contributed by atoms with van der Waals surface area (Å²) in [7, 11) is 1.62. The average Bonchev–Trinajstić information content (AvgIpc) is 2.47. The third-order valence-electron chi connectivity index (χ3n) is 3.23. The predicted octanol–water partition coefficient (Wildman–Crippen LogP) is 2.27. The first-order valence-electron chi connectivity index (χ1n) is 6.39. The number of rotatable bonds is 5. The van der Waals surface area contributed by atoms with Crippen LogP contribution >= 0.6 is 0 Å². The van der Waals surface area contributed by atoms with Gasteiger partial charge in [0.15, 0.2) is 0 Å². The molecule has 0 fully saturated rings. The maximum atomic E-state index is 11.0. The van der Waals surface area contributed by atoms with E-state index in [9.17, 15) is 9.90 Å². The van der Waals surface area contributed by atoms with E-state index in [0.717, 1.165) is 11.1 Å². The van der Waals surface area contributed by atoms with Crippen LogP contribution in [0.5, 0.6) is 5.75 Å². The van der Waals surface area contributed by atoms with Gasteiger partial charge in [0.05, 0.1) is 0 Å². The fourth-order valence-corrected chi connectivity index (χ4v) is 2.11. The lowest BCUT2D eigenvalue weighted by Gasteiger charge is -2.13. The first kappa shape index (κ1) is 14.1. The minimum Gasteiger partial charge on any atom is -0.507 e. The summed E-state index contributed by atoms with van der Waals surface area (Å²) in [5.74, 6) is -0.696. The van der Waals surface area contributed by atoms with Gasteiger partial charge in [0.2, 0.25) is 0 Å². The molecular formula is C16H17NO3. The van der Waals surface area contributed by atoms with Crippen molar-refractivity contribution in [3.8, 4) is 16.9 Å². The second-order valence-electron chi connectivity index (χ2n) is 4.60. The van der Waals surface area contributed by atoms with Crippen LogP contribution in [0.25, 0.3) is 11.1 Å². The second kappa shape index (κ2) is 6.21. The Balaban J connectivity index is 2.32. The van der Waals surface area contributed by atoms with Crippen molar-refractivity contribution in [2.24, 2.45) is 0 Å². The highest BCUT2D eigenvalue weighted by atomic mass is 16.4. The van der Waals surface area contributed by atoms with Crippen molar-refractivity contribution in [3.05, 3.63) is 54.1 Å². The molecule has 0 saturated carbocycles. The van der Waals surface area contributed by atoms with Gasteiger partial charge >= 0.3 is 5.97 Å². The van der Waals surface area contributed by atoms with Gasteiger partial charge in [-0.15, -0.1) is 0 Å². The van der Waals surface area contributed by atoms with Crippen LogP contribution in [-0.2, 0) is 11.2 Å². The number of aromatic hydroxyl groups is 1. The number of benzene rings is 2. The molecule has 2 aromatic rings. The Bertz CT molecular complexity index is 596. The highest BCUT2D eigenvalue weighted by molar-refractivity contribution is 5.75. The van der Waals surface area contributed by atoms with E-state index in [1.165, 1.54) is 0 Å². The summed E-state index contributed by atoms with van der Waals surface area (Å²) in [5, 5.41) is 21.8. The van der Waals surface area contributed by atoms with Gasteiger partial charge in [0, 0.05) is 5.56 Å². The normalized spacial score (nSPS) is 12.1. The molecule has 1 atom stereocenters. The Morgan fingerprint density at radius 3 is 2.50 bits per heavy atom. The molecule has 2 rings (SSSR count). The van der Waals surface area contributed by atoms with Gasteiger partial charge in [-0.25, -0.2) is 0 Å². The average molecular weight is 271 g/mol. The summed E-state index contributed by atoms with van der Waals surface area (Å²) >= 11 is 0. The molecule has 0 radical (unpaired) electrons. The van der Waals surface area contributed by atoms with Crippen molar-refractivity contribution >= 4 is 5.97 Å². The number of carbonyl (C=O) groups is 1. The van der Waals surface area contributed by atoms with Crippen LogP contribution in [0.4, 0.5) is 0 Å². The Labute approximate surface area is 117 Å². The molecular weight excluding hydrogens is 254 g/mol. The van der Waals surface area contributed by atoms with E-state index in [1.807, 2.05) is 36.4 Å². The molecule has 0 heterocycles. The summed E-state index contributed by atoms with van der Waals surface area (Å²) in [6, 6.07) is 14.1. The monoisotopic (exact) mass is 271 g/mol.